The van der Waals surface area contributed by atoms with Gasteiger partial charge in [0.15, 0.2) is 0 Å². The second-order valence-corrected chi connectivity index (χ2v) is 8.13. The van der Waals surface area contributed by atoms with Crippen molar-refractivity contribution in [1.82, 2.24) is 9.97 Å². The van der Waals surface area contributed by atoms with Crippen LogP contribution in [0.2, 0.25) is 0 Å². The molecule has 1 N–H and O–H groups in total. The monoisotopic (exact) mass is 447 g/mol. The van der Waals surface area contributed by atoms with Gasteiger partial charge in [-0.2, -0.15) is 0 Å². The van der Waals surface area contributed by atoms with Crippen LogP contribution in [0, 0.1) is 0 Å². The number of anilines is 1. The van der Waals surface area contributed by atoms with Crippen molar-refractivity contribution in [1.29, 1.82) is 0 Å². The molecule has 2 heterocycles. The number of aromatic carboxylic acids is 1. The lowest BCUT2D eigenvalue weighted by atomic mass is 10.0. The van der Waals surface area contributed by atoms with E-state index in [1.54, 1.807) is 14.2 Å². The summed E-state index contributed by atoms with van der Waals surface area (Å²) in [6.45, 7) is 0.793. The van der Waals surface area contributed by atoms with Gasteiger partial charge in [-0.05, 0) is 55.9 Å². The van der Waals surface area contributed by atoms with E-state index in [4.69, 9.17) is 14.5 Å². The number of aromatic nitrogens is 2. The van der Waals surface area contributed by atoms with Crippen molar-refractivity contribution >= 4 is 11.9 Å². The summed E-state index contributed by atoms with van der Waals surface area (Å²) in [7, 11) is 3.31. The standard InChI is InChI=1S/C26H29N3O4/c1-32-19-13-14-24(33-2)20(16-19)23-12-7-15-29(23)26-27-17-21(25(30)31)22(28-26)11-6-10-18-8-4-3-5-9-18/h3-5,8-9,13-14,16-17,23H,6-7,10-12,15H2,1-2H3,(H,30,31). The van der Waals surface area contributed by atoms with Crippen molar-refractivity contribution in [2.24, 2.45) is 0 Å². The van der Waals surface area contributed by atoms with Crippen molar-refractivity contribution in [3.63, 3.8) is 0 Å². The molecule has 0 spiro atoms. The number of benzene rings is 2. The second-order valence-electron chi connectivity index (χ2n) is 8.13. The van der Waals surface area contributed by atoms with E-state index in [0.717, 1.165) is 49.3 Å². The predicted octanol–water partition coefficient (Wildman–Crippen LogP) is 4.71. The first-order valence-electron chi connectivity index (χ1n) is 11.2. The molecule has 0 amide bonds. The van der Waals surface area contributed by atoms with Crippen LogP contribution in [0.25, 0.3) is 0 Å². The van der Waals surface area contributed by atoms with E-state index in [2.05, 4.69) is 22.0 Å². The van der Waals surface area contributed by atoms with Crippen molar-refractivity contribution < 1.29 is 19.4 Å². The fraction of sp³-hybridized carbons (Fsp3) is 0.346. The molecule has 3 aromatic rings. The lowest BCUT2D eigenvalue weighted by molar-refractivity contribution is 0.0694. The average molecular weight is 448 g/mol. The Balaban J connectivity index is 1.60. The maximum atomic E-state index is 11.8. The summed E-state index contributed by atoms with van der Waals surface area (Å²) in [5, 5.41) is 9.67. The first-order valence-corrected chi connectivity index (χ1v) is 11.2. The summed E-state index contributed by atoms with van der Waals surface area (Å²) in [5.41, 5.74) is 2.99. The van der Waals surface area contributed by atoms with Crippen molar-refractivity contribution in [3.05, 3.63) is 77.1 Å². The Morgan fingerprint density at radius 2 is 1.94 bits per heavy atom. The van der Waals surface area contributed by atoms with Crippen LogP contribution in [0.15, 0.2) is 54.7 Å². The molecule has 0 aliphatic carbocycles. The van der Waals surface area contributed by atoms with Gasteiger partial charge < -0.3 is 19.5 Å². The van der Waals surface area contributed by atoms with Crippen LogP contribution < -0.4 is 14.4 Å². The van der Waals surface area contributed by atoms with E-state index in [1.807, 2.05) is 36.4 Å². The lowest BCUT2D eigenvalue weighted by Crippen LogP contribution is -2.26. The Labute approximate surface area is 194 Å². The SMILES string of the molecule is COc1ccc(OC)c(C2CCCN2c2ncc(C(=O)O)c(CCCc3ccccc3)n2)c1. The van der Waals surface area contributed by atoms with Gasteiger partial charge in [0.05, 0.1) is 31.5 Å². The van der Waals surface area contributed by atoms with Gasteiger partial charge in [0.2, 0.25) is 5.95 Å². The van der Waals surface area contributed by atoms with E-state index in [1.165, 1.54) is 11.8 Å². The van der Waals surface area contributed by atoms with E-state index in [-0.39, 0.29) is 11.6 Å². The van der Waals surface area contributed by atoms with Gasteiger partial charge in [-0.1, -0.05) is 30.3 Å². The highest BCUT2D eigenvalue weighted by atomic mass is 16.5. The number of rotatable bonds is 9. The Kier molecular flexibility index (Phi) is 7.07. The van der Waals surface area contributed by atoms with Gasteiger partial charge in [0.1, 0.15) is 11.5 Å². The summed E-state index contributed by atoms with van der Waals surface area (Å²) < 4.78 is 11.0. The van der Waals surface area contributed by atoms with Crippen LogP contribution in [0.1, 0.15) is 52.5 Å². The fourth-order valence-corrected chi connectivity index (χ4v) is 4.45. The summed E-state index contributed by atoms with van der Waals surface area (Å²) in [5.74, 6) is 1.12. The van der Waals surface area contributed by atoms with E-state index in [0.29, 0.717) is 18.1 Å². The second kappa shape index (κ2) is 10.3. The van der Waals surface area contributed by atoms with E-state index < -0.39 is 5.97 Å². The Morgan fingerprint density at radius 1 is 1.12 bits per heavy atom. The summed E-state index contributed by atoms with van der Waals surface area (Å²) in [6.07, 6.45) is 5.61. The molecular weight excluding hydrogens is 418 g/mol. The zero-order valence-electron chi connectivity index (χ0n) is 19.0. The molecule has 4 rings (SSSR count). The molecule has 1 saturated heterocycles. The zero-order valence-corrected chi connectivity index (χ0v) is 19.0. The topological polar surface area (TPSA) is 84.8 Å². The Bertz CT molecular complexity index is 1100. The van der Waals surface area contributed by atoms with Crippen molar-refractivity contribution in [2.75, 3.05) is 25.7 Å². The minimum absolute atomic E-state index is 0.0305. The molecule has 1 aromatic heterocycles. The number of hydrogen-bond donors (Lipinski definition) is 1. The molecule has 1 aliphatic rings. The van der Waals surface area contributed by atoms with Crippen LogP contribution in [0.5, 0.6) is 11.5 Å². The number of methoxy groups -OCH3 is 2. The van der Waals surface area contributed by atoms with Crippen LogP contribution in [0.3, 0.4) is 0 Å². The Morgan fingerprint density at radius 3 is 2.67 bits per heavy atom. The van der Waals surface area contributed by atoms with Gasteiger partial charge >= 0.3 is 5.97 Å². The molecule has 1 atom stereocenters. The number of ether oxygens (including phenoxy) is 2. The first kappa shape index (κ1) is 22.6. The molecule has 0 bridgehead atoms. The number of nitrogens with zero attached hydrogens (tertiary/aromatic N) is 3. The van der Waals surface area contributed by atoms with Crippen molar-refractivity contribution in [3.8, 4) is 11.5 Å². The number of carboxylic acid groups (broad SMARTS) is 1. The van der Waals surface area contributed by atoms with Gasteiger partial charge in [-0.3, -0.25) is 0 Å². The zero-order chi connectivity index (χ0) is 23.2. The minimum Gasteiger partial charge on any atom is -0.497 e. The lowest BCUT2D eigenvalue weighted by Gasteiger charge is -2.27. The van der Waals surface area contributed by atoms with Gasteiger partial charge in [0.25, 0.3) is 0 Å². The molecule has 2 aromatic carbocycles. The largest absolute Gasteiger partial charge is 0.497 e. The van der Waals surface area contributed by atoms with Gasteiger partial charge in [-0.25, -0.2) is 14.8 Å². The number of aryl methyl sites for hydroxylation is 2. The average Bonchev–Trinajstić information content (AvgIpc) is 3.34. The molecule has 1 unspecified atom stereocenters. The van der Waals surface area contributed by atoms with Gasteiger partial charge in [-0.15, -0.1) is 0 Å². The first-order chi connectivity index (χ1) is 16.1. The highest BCUT2D eigenvalue weighted by Crippen LogP contribution is 2.40. The molecule has 0 radical (unpaired) electrons. The fourth-order valence-electron chi connectivity index (χ4n) is 4.45. The van der Waals surface area contributed by atoms with E-state index >= 15 is 0 Å². The summed E-state index contributed by atoms with van der Waals surface area (Å²) >= 11 is 0. The van der Waals surface area contributed by atoms with Crippen LogP contribution >= 0.6 is 0 Å². The molecular formula is C26H29N3O4. The van der Waals surface area contributed by atoms with Gasteiger partial charge in [0, 0.05) is 18.3 Å². The third-order valence-corrected chi connectivity index (χ3v) is 6.11. The van der Waals surface area contributed by atoms with Crippen LogP contribution in [-0.2, 0) is 12.8 Å². The van der Waals surface area contributed by atoms with Crippen LogP contribution in [0.4, 0.5) is 5.95 Å². The number of carboxylic acids is 1. The molecule has 33 heavy (non-hydrogen) atoms. The van der Waals surface area contributed by atoms with E-state index in [9.17, 15) is 9.90 Å². The highest BCUT2D eigenvalue weighted by molar-refractivity contribution is 5.88. The predicted molar refractivity (Wildman–Crippen MR) is 126 cm³/mol. The quantitative estimate of drug-likeness (QED) is 0.508. The van der Waals surface area contributed by atoms with Crippen molar-refractivity contribution in [2.45, 2.75) is 38.1 Å². The maximum Gasteiger partial charge on any atom is 0.339 e. The smallest absolute Gasteiger partial charge is 0.339 e. The highest BCUT2D eigenvalue weighted by Gasteiger charge is 2.31. The molecule has 1 aliphatic heterocycles. The molecule has 7 heteroatoms. The van der Waals surface area contributed by atoms with Crippen LogP contribution in [-0.4, -0.2) is 41.8 Å². The Hall–Kier alpha value is -3.61. The third kappa shape index (κ3) is 5.08. The molecule has 7 nitrogen and oxygen atoms in total. The summed E-state index contributed by atoms with van der Waals surface area (Å²) in [4.78, 5) is 23.1. The third-order valence-electron chi connectivity index (χ3n) is 6.11. The minimum atomic E-state index is -0.997. The maximum absolute atomic E-state index is 11.8. The number of carbonyl (C=O) groups is 1. The normalized spacial score (nSPS) is 15.5. The molecule has 1 fully saturated rings. The molecule has 0 saturated carbocycles. The molecule has 172 valence electrons. The number of hydrogen-bond acceptors (Lipinski definition) is 6. The summed E-state index contributed by atoms with van der Waals surface area (Å²) in [6, 6.07) is 16.0.